The lowest BCUT2D eigenvalue weighted by Crippen LogP contribution is -2.16. The summed E-state index contributed by atoms with van der Waals surface area (Å²) in [6, 6.07) is 0. The zero-order valence-electron chi connectivity index (χ0n) is 6.05. The van der Waals surface area contributed by atoms with Gasteiger partial charge in [-0.15, -0.1) is 0 Å². The van der Waals surface area contributed by atoms with Crippen LogP contribution in [0, 0.1) is 5.92 Å². The minimum Gasteiger partial charge on any atom is -0.399 e. The molecule has 1 rings (SSSR count). The third kappa shape index (κ3) is 1.38. The van der Waals surface area contributed by atoms with Gasteiger partial charge < -0.3 is 5.73 Å². The number of alkyl halides is 1. The molecule has 0 spiro atoms. The lowest BCUT2D eigenvalue weighted by Gasteiger charge is -2.16. The van der Waals surface area contributed by atoms with Gasteiger partial charge in [-0.05, 0) is 18.6 Å². The number of allylic oxidation sites excluding steroid dienone is 3. The predicted octanol–water partition coefficient (Wildman–Crippen LogP) is 1.76. The first-order valence-corrected chi connectivity index (χ1v) is 3.53. The molecule has 2 atom stereocenters. The minimum absolute atomic E-state index is 0.00926. The summed E-state index contributed by atoms with van der Waals surface area (Å²) in [5.41, 5.74) is 6.15. The Morgan fingerprint density at radius 1 is 1.70 bits per heavy atom. The van der Waals surface area contributed by atoms with Crippen molar-refractivity contribution in [1.29, 1.82) is 0 Å². The Morgan fingerprint density at radius 2 is 2.40 bits per heavy atom. The van der Waals surface area contributed by atoms with E-state index in [4.69, 9.17) is 5.73 Å². The van der Waals surface area contributed by atoms with Gasteiger partial charge in [0.05, 0.1) is 0 Å². The van der Waals surface area contributed by atoms with Gasteiger partial charge in [-0.3, -0.25) is 0 Å². The van der Waals surface area contributed by atoms with Crippen LogP contribution in [0.25, 0.3) is 0 Å². The first-order valence-electron chi connectivity index (χ1n) is 3.53. The number of rotatable bonds is 1. The van der Waals surface area contributed by atoms with E-state index >= 15 is 0 Å². The molecule has 2 heteroatoms. The van der Waals surface area contributed by atoms with Crippen LogP contribution < -0.4 is 5.73 Å². The summed E-state index contributed by atoms with van der Waals surface area (Å²) in [4.78, 5) is 0. The van der Waals surface area contributed by atoms with Crippen molar-refractivity contribution in [2.45, 2.75) is 19.5 Å². The van der Waals surface area contributed by atoms with Crippen LogP contribution in [0.15, 0.2) is 23.9 Å². The Hall–Kier alpha value is -0.790. The molecule has 0 aromatic rings. The highest BCUT2D eigenvalue weighted by Crippen LogP contribution is 2.20. The van der Waals surface area contributed by atoms with E-state index in [1.165, 1.54) is 6.08 Å². The fourth-order valence-electron chi connectivity index (χ4n) is 1.08. The van der Waals surface area contributed by atoms with E-state index in [2.05, 4.69) is 0 Å². The molecular formula is C8H12FN. The molecule has 0 bridgehead atoms. The van der Waals surface area contributed by atoms with E-state index in [9.17, 15) is 4.39 Å². The summed E-state index contributed by atoms with van der Waals surface area (Å²) >= 11 is 0. The van der Waals surface area contributed by atoms with Crippen LogP contribution in [0.1, 0.15) is 13.3 Å². The Balaban J connectivity index is 2.67. The largest absolute Gasteiger partial charge is 0.399 e. The maximum Gasteiger partial charge on any atom is 0.125 e. The molecule has 2 unspecified atom stereocenters. The quantitative estimate of drug-likeness (QED) is 0.591. The molecule has 0 amide bonds. The van der Waals surface area contributed by atoms with Gasteiger partial charge in [0.15, 0.2) is 0 Å². The monoisotopic (exact) mass is 141 g/mol. The van der Waals surface area contributed by atoms with Crippen molar-refractivity contribution >= 4 is 0 Å². The highest BCUT2D eigenvalue weighted by atomic mass is 19.1. The number of hydrogen-bond acceptors (Lipinski definition) is 1. The predicted molar refractivity (Wildman–Crippen MR) is 40.1 cm³/mol. The first-order chi connectivity index (χ1) is 4.74. The van der Waals surface area contributed by atoms with E-state index in [1.54, 1.807) is 12.2 Å². The van der Waals surface area contributed by atoms with Gasteiger partial charge in [0.2, 0.25) is 0 Å². The van der Waals surface area contributed by atoms with E-state index in [0.717, 1.165) is 6.42 Å². The second-order valence-corrected chi connectivity index (χ2v) is 2.54. The average molecular weight is 141 g/mol. The first kappa shape index (κ1) is 7.32. The molecule has 0 heterocycles. The highest BCUT2D eigenvalue weighted by Gasteiger charge is 2.16. The number of halogens is 1. The molecule has 0 saturated heterocycles. The lowest BCUT2D eigenvalue weighted by molar-refractivity contribution is 0.311. The molecular weight excluding hydrogens is 129 g/mol. The third-order valence-corrected chi connectivity index (χ3v) is 1.76. The molecule has 0 aromatic heterocycles. The second-order valence-electron chi connectivity index (χ2n) is 2.54. The fraction of sp³-hybridized carbons (Fsp3) is 0.500. The molecule has 0 aromatic carbocycles. The van der Waals surface area contributed by atoms with Gasteiger partial charge in [-0.1, -0.05) is 13.0 Å². The van der Waals surface area contributed by atoms with Crippen molar-refractivity contribution in [3.05, 3.63) is 23.9 Å². The van der Waals surface area contributed by atoms with Crippen LogP contribution in [0.5, 0.6) is 0 Å². The standard InChI is InChI=1S/C8H12FN/c1-2-6-5-7(10)3-4-8(6)9/h3-6,8H,2,10H2,1H3. The highest BCUT2D eigenvalue weighted by molar-refractivity contribution is 5.23. The zero-order valence-corrected chi connectivity index (χ0v) is 6.05. The summed E-state index contributed by atoms with van der Waals surface area (Å²) in [6.45, 7) is 1.96. The third-order valence-electron chi connectivity index (χ3n) is 1.76. The van der Waals surface area contributed by atoms with Crippen LogP contribution in [-0.4, -0.2) is 6.17 Å². The molecule has 1 aliphatic carbocycles. The van der Waals surface area contributed by atoms with Crippen LogP contribution >= 0.6 is 0 Å². The molecule has 0 aliphatic heterocycles. The minimum atomic E-state index is -0.836. The van der Waals surface area contributed by atoms with Crippen LogP contribution in [0.3, 0.4) is 0 Å². The summed E-state index contributed by atoms with van der Waals surface area (Å²) in [7, 11) is 0. The Bertz CT molecular complexity index is 172. The topological polar surface area (TPSA) is 26.0 Å². The normalized spacial score (nSPS) is 32.0. The van der Waals surface area contributed by atoms with Crippen molar-refractivity contribution in [1.82, 2.24) is 0 Å². The molecule has 0 radical (unpaired) electrons. The van der Waals surface area contributed by atoms with Crippen molar-refractivity contribution in [3.63, 3.8) is 0 Å². The van der Waals surface area contributed by atoms with Gasteiger partial charge in [0.1, 0.15) is 6.17 Å². The van der Waals surface area contributed by atoms with Gasteiger partial charge in [0.25, 0.3) is 0 Å². The molecule has 1 aliphatic rings. The summed E-state index contributed by atoms with van der Waals surface area (Å²) in [6.07, 6.45) is 4.90. The number of nitrogens with two attached hydrogens (primary N) is 1. The van der Waals surface area contributed by atoms with Crippen LogP contribution in [-0.2, 0) is 0 Å². The van der Waals surface area contributed by atoms with E-state index in [-0.39, 0.29) is 5.92 Å². The van der Waals surface area contributed by atoms with Gasteiger partial charge in [-0.2, -0.15) is 0 Å². The Morgan fingerprint density at radius 3 is 2.90 bits per heavy atom. The van der Waals surface area contributed by atoms with Gasteiger partial charge in [0, 0.05) is 11.6 Å². The summed E-state index contributed by atoms with van der Waals surface area (Å²) < 4.78 is 12.8. The second kappa shape index (κ2) is 2.86. The molecule has 10 heavy (non-hydrogen) atoms. The maximum atomic E-state index is 12.8. The van der Waals surface area contributed by atoms with Crippen LogP contribution in [0.4, 0.5) is 4.39 Å². The average Bonchev–Trinajstić information content (AvgIpc) is 1.94. The van der Waals surface area contributed by atoms with E-state index < -0.39 is 6.17 Å². The summed E-state index contributed by atoms with van der Waals surface area (Å²) in [5.74, 6) is -0.00926. The van der Waals surface area contributed by atoms with Crippen molar-refractivity contribution in [3.8, 4) is 0 Å². The Labute approximate surface area is 60.4 Å². The molecule has 56 valence electrons. The van der Waals surface area contributed by atoms with E-state index in [0.29, 0.717) is 5.70 Å². The zero-order chi connectivity index (χ0) is 7.56. The van der Waals surface area contributed by atoms with E-state index in [1.807, 2.05) is 6.92 Å². The maximum absolute atomic E-state index is 12.8. The number of hydrogen-bond donors (Lipinski definition) is 1. The Kier molecular flexibility index (Phi) is 2.10. The van der Waals surface area contributed by atoms with Crippen molar-refractivity contribution < 1.29 is 4.39 Å². The van der Waals surface area contributed by atoms with Gasteiger partial charge in [-0.25, -0.2) is 4.39 Å². The fourth-order valence-corrected chi connectivity index (χ4v) is 1.08. The van der Waals surface area contributed by atoms with Gasteiger partial charge >= 0.3 is 0 Å². The SMILES string of the molecule is CCC1C=C(N)C=CC1F. The molecule has 2 N–H and O–H groups in total. The molecule has 0 fully saturated rings. The molecule has 1 nitrogen and oxygen atoms in total. The molecule has 0 saturated carbocycles. The van der Waals surface area contributed by atoms with Crippen molar-refractivity contribution in [2.24, 2.45) is 11.7 Å². The van der Waals surface area contributed by atoms with Crippen LogP contribution in [0.2, 0.25) is 0 Å². The lowest BCUT2D eigenvalue weighted by atomic mass is 9.95. The summed E-state index contributed by atoms with van der Waals surface area (Å²) in [5, 5.41) is 0. The smallest absolute Gasteiger partial charge is 0.125 e. The van der Waals surface area contributed by atoms with Crippen molar-refractivity contribution in [2.75, 3.05) is 0 Å².